The summed E-state index contributed by atoms with van der Waals surface area (Å²) in [7, 11) is 0. The van der Waals surface area contributed by atoms with Crippen LogP contribution >= 0.6 is 0 Å². The summed E-state index contributed by atoms with van der Waals surface area (Å²) in [5, 5.41) is 3.04. The normalized spacial score (nSPS) is 11.4. The monoisotopic (exact) mass is 276 g/mol. The van der Waals surface area contributed by atoms with Gasteiger partial charge in [0.05, 0.1) is 0 Å². The van der Waals surface area contributed by atoms with Crippen LogP contribution in [0.3, 0.4) is 0 Å². The smallest absolute Gasteiger partial charge is 0.220 e. The van der Waals surface area contributed by atoms with E-state index in [2.05, 4.69) is 50.4 Å². The Morgan fingerprint density at radius 3 is 2.30 bits per heavy atom. The summed E-state index contributed by atoms with van der Waals surface area (Å²) in [5.74, 6) is 0.116. The molecule has 0 aliphatic carbocycles. The van der Waals surface area contributed by atoms with Crippen molar-refractivity contribution in [2.24, 2.45) is 11.1 Å². The van der Waals surface area contributed by atoms with Gasteiger partial charge in [-0.1, -0.05) is 43.7 Å². The predicted molar refractivity (Wildman–Crippen MR) is 84.6 cm³/mol. The van der Waals surface area contributed by atoms with E-state index in [0.717, 1.165) is 19.3 Å². The minimum absolute atomic E-state index is 0.0551. The van der Waals surface area contributed by atoms with Crippen molar-refractivity contribution in [1.29, 1.82) is 0 Å². The zero-order valence-corrected chi connectivity index (χ0v) is 13.0. The maximum absolute atomic E-state index is 11.9. The molecule has 3 N–H and O–H groups in total. The summed E-state index contributed by atoms with van der Waals surface area (Å²) in [4.78, 5) is 11.9. The van der Waals surface area contributed by atoms with Gasteiger partial charge >= 0.3 is 0 Å². The Kier molecular flexibility index (Phi) is 6.73. The molecule has 112 valence electrons. The topological polar surface area (TPSA) is 55.1 Å². The highest BCUT2D eigenvalue weighted by Gasteiger charge is 2.24. The van der Waals surface area contributed by atoms with Crippen LogP contribution in [0.25, 0.3) is 0 Å². The summed E-state index contributed by atoms with van der Waals surface area (Å²) >= 11 is 0. The number of rotatable bonds is 8. The Hall–Kier alpha value is -1.35. The van der Waals surface area contributed by atoms with Gasteiger partial charge in [-0.15, -0.1) is 0 Å². The molecular weight excluding hydrogens is 248 g/mol. The Morgan fingerprint density at radius 1 is 1.20 bits per heavy atom. The second-order valence-corrected chi connectivity index (χ2v) is 5.67. The van der Waals surface area contributed by atoms with Gasteiger partial charge in [0.2, 0.25) is 5.91 Å². The predicted octanol–water partition coefficient (Wildman–Crippen LogP) is 2.81. The van der Waals surface area contributed by atoms with Gasteiger partial charge in [0.25, 0.3) is 0 Å². The molecule has 3 nitrogen and oxygen atoms in total. The van der Waals surface area contributed by atoms with Crippen molar-refractivity contribution in [2.45, 2.75) is 46.5 Å². The molecule has 0 spiro atoms. The van der Waals surface area contributed by atoms with E-state index in [1.54, 1.807) is 0 Å². The number of nitrogens with one attached hydrogen (secondary N) is 1. The number of carbonyl (C=O) groups excluding carboxylic acids is 1. The lowest BCUT2D eigenvalue weighted by molar-refractivity contribution is -0.121. The van der Waals surface area contributed by atoms with Gasteiger partial charge in [0.1, 0.15) is 0 Å². The number of amides is 1. The fourth-order valence-electron chi connectivity index (χ4n) is 2.25. The molecule has 1 amide bonds. The maximum atomic E-state index is 11.9. The summed E-state index contributed by atoms with van der Waals surface area (Å²) in [6, 6.07) is 8.34. The Morgan fingerprint density at radius 2 is 1.80 bits per heavy atom. The fraction of sp³-hybridized carbons (Fsp3) is 0.588. The highest BCUT2D eigenvalue weighted by atomic mass is 16.1. The van der Waals surface area contributed by atoms with Crippen molar-refractivity contribution >= 4 is 5.91 Å². The summed E-state index contributed by atoms with van der Waals surface area (Å²) in [6.07, 6.45) is 3.33. The largest absolute Gasteiger partial charge is 0.355 e. The zero-order chi connectivity index (χ0) is 15.0. The first kappa shape index (κ1) is 16.7. The van der Waals surface area contributed by atoms with Crippen molar-refractivity contribution in [3.63, 3.8) is 0 Å². The molecule has 0 aliphatic heterocycles. The van der Waals surface area contributed by atoms with Gasteiger partial charge in [0, 0.05) is 13.0 Å². The molecule has 0 saturated heterocycles. The SMILES string of the molecule is CCC(CC)(CN)CNC(=O)CCc1ccc(C)cc1. The van der Waals surface area contributed by atoms with Gasteiger partial charge < -0.3 is 11.1 Å². The summed E-state index contributed by atoms with van der Waals surface area (Å²) in [6.45, 7) is 7.64. The van der Waals surface area contributed by atoms with E-state index in [9.17, 15) is 4.79 Å². The van der Waals surface area contributed by atoms with Gasteiger partial charge in [-0.2, -0.15) is 0 Å². The van der Waals surface area contributed by atoms with E-state index in [4.69, 9.17) is 5.73 Å². The first-order valence-electron chi connectivity index (χ1n) is 7.57. The molecule has 1 rings (SSSR count). The molecule has 0 heterocycles. The van der Waals surface area contributed by atoms with Crippen LogP contribution in [0.1, 0.15) is 44.2 Å². The standard InChI is InChI=1S/C17H28N2O/c1-4-17(5-2,12-18)13-19-16(20)11-10-15-8-6-14(3)7-9-15/h6-9H,4-5,10-13,18H2,1-3H3,(H,19,20). The summed E-state index contributed by atoms with van der Waals surface area (Å²) in [5.41, 5.74) is 8.36. The van der Waals surface area contributed by atoms with Crippen LogP contribution in [0.5, 0.6) is 0 Å². The average Bonchev–Trinajstić information content (AvgIpc) is 2.48. The molecule has 0 atom stereocenters. The Labute approximate surface area is 122 Å². The van der Waals surface area contributed by atoms with Crippen molar-refractivity contribution < 1.29 is 4.79 Å². The first-order valence-corrected chi connectivity index (χ1v) is 7.57. The third kappa shape index (κ3) is 4.97. The highest BCUT2D eigenvalue weighted by Crippen LogP contribution is 2.23. The van der Waals surface area contributed by atoms with Crippen LogP contribution in [0.2, 0.25) is 0 Å². The lowest BCUT2D eigenvalue weighted by Crippen LogP contribution is -2.41. The van der Waals surface area contributed by atoms with Gasteiger partial charge in [-0.05, 0) is 43.7 Å². The van der Waals surface area contributed by atoms with E-state index in [-0.39, 0.29) is 11.3 Å². The summed E-state index contributed by atoms with van der Waals surface area (Å²) < 4.78 is 0. The van der Waals surface area contributed by atoms with E-state index in [1.807, 2.05) is 0 Å². The van der Waals surface area contributed by atoms with Crippen molar-refractivity contribution in [3.05, 3.63) is 35.4 Å². The molecule has 0 aromatic heterocycles. The number of nitrogens with two attached hydrogens (primary N) is 1. The molecule has 0 fully saturated rings. The third-order valence-electron chi connectivity index (χ3n) is 4.35. The molecular formula is C17H28N2O. The average molecular weight is 276 g/mol. The van der Waals surface area contributed by atoms with E-state index >= 15 is 0 Å². The molecule has 20 heavy (non-hydrogen) atoms. The number of aryl methyl sites for hydroxylation is 2. The third-order valence-corrected chi connectivity index (χ3v) is 4.35. The number of hydrogen-bond donors (Lipinski definition) is 2. The van der Waals surface area contributed by atoms with E-state index in [1.165, 1.54) is 11.1 Å². The number of benzene rings is 1. The van der Waals surface area contributed by atoms with Crippen LogP contribution in [-0.4, -0.2) is 19.0 Å². The zero-order valence-electron chi connectivity index (χ0n) is 13.0. The molecule has 3 heteroatoms. The van der Waals surface area contributed by atoms with Crippen molar-refractivity contribution in [3.8, 4) is 0 Å². The lowest BCUT2D eigenvalue weighted by Gasteiger charge is -2.30. The quantitative estimate of drug-likeness (QED) is 0.767. The second-order valence-electron chi connectivity index (χ2n) is 5.67. The molecule has 0 radical (unpaired) electrons. The first-order chi connectivity index (χ1) is 9.55. The van der Waals surface area contributed by atoms with Crippen LogP contribution in [-0.2, 0) is 11.2 Å². The van der Waals surface area contributed by atoms with E-state index in [0.29, 0.717) is 19.5 Å². The van der Waals surface area contributed by atoms with Gasteiger partial charge in [-0.25, -0.2) is 0 Å². The molecule has 0 bridgehead atoms. The second kappa shape index (κ2) is 8.05. The van der Waals surface area contributed by atoms with Crippen molar-refractivity contribution in [1.82, 2.24) is 5.32 Å². The fourth-order valence-corrected chi connectivity index (χ4v) is 2.25. The molecule has 0 aliphatic rings. The van der Waals surface area contributed by atoms with Crippen molar-refractivity contribution in [2.75, 3.05) is 13.1 Å². The molecule has 1 aromatic rings. The molecule has 0 unspecified atom stereocenters. The van der Waals surface area contributed by atoms with E-state index < -0.39 is 0 Å². The molecule has 1 aromatic carbocycles. The van der Waals surface area contributed by atoms with Gasteiger partial charge in [0.15, 0.2) is 0 Å². The van der Waals surface area contributed by atoms with Crippen LogP contribution in [0, 0.1) is 12.3 Å². The minimum Gasteiger partial charge on any atom is -0.355 e. The van der Waals surface area contributed by atoms with Crippen LogP contribution < -0.4 is 11.1 Å². The highest BCUT2D eigenvalue weighted by molar-refractivity contribution is 5.76. The van der Waals surface area contributed by atoms with Gasteiger partial charge in [-0.3, -0.25) is 4.79 Å². The Bertz CT molecular complexity index is 399. The van der Waals surface area contributed by atoms with Crippen LogP contribution in [0.4, 0.5) is 0 Å². The molecule has 0 saturated carbocycles. The Balaban J connectivity index is 2.38. The maximum Gasteiger partial charge on any atom is 0.220 e. The number of hydrogen-bond acceptors (Lipinski definition) is 2. The minimum atomic E-state index is 0.0551. The lowest BCUT2D eigenvalue weighted by atomic mass is 9.82. The number of carbonyl (C=O) groups is 1. The van der Waals surface area contributed by atoms with Crippen LogP contribution in [0.15, 0.2) is 24.3 Å².